The number of esters is 1. The Kier molecular flexibility index (Phi) is 4.69. The van der Waals surface area contributed by atoms with Gasteiger partial charge in [-0.25, -0.2) is 14.8 Å². The molecule has 0 unspecified atom stereocenters. The predicted molar refractivity (Wildman–Crippen MR) is 84.1 cm³/mol. The molecule has 0 aliphatic heterocycles. The molecule has 0 aliphatic rings. The summed E-state index contributed by atoms with van der Waals surface area (Å²) in [5.41, 5.74) is 0.215. The second kappa shape index (κ2) is 6.69. The van der Waals surface area contributed by atoms with E-state index >= 15 is 0 Å². The van der Waals surface area contributed by atoms with Gasteiger partial charge in [0, 0.05) is 26.4 Å². The molecule has 9 nitrogen and oxygen atoms in total. The zero-order chi connectivity index (χ0) is 17.0. The first-order valence-corrected chi connectivity index (χ1v) is 6.55. The quantitative estimate of drug-likeness (QED) is 0.506. The van der Waals surface area contributed by atoms with E-state index in [-0.39, 0.29) is 17.1 Å². The van der Waals surface area contributed by atoms with Gasteiger partial charge in [0.05, 0.1) is 29.5 Å². The fourth-order valence-corrected chi connectivity index (χ4v) is 1.78. The summed E-state index contributed by atoms with van der Waals surface area (Å²) in [6, 6.07) is 4.60. The van der Waals surface area contributed by atoms with Gasteiger partial charge < -0.3 is 15.0 Å². The van der Waals surface area contributed by atoms with Crippen LogP contribution in [0, 0.1) is 10.1 Å². The molecule has 0 bridgehead atoms. The summed E-state index contributed by atoms with van der Waals surface area (Å²) in [6.45, 7) is 0. The van der Waals surface area contributed by atoms with Crippen molar-refractivity contribution in [3.63, 3.8) is 0 Å². The first-order chi connectivity index (χ1) is 10.9. The van der Waals surface area contributed by atoms with E-state index < -0.39 is 10.9 Å². The van der Waals surface area contributed by atoms with Gasteiger partial charge in [0.1, 0.15) is 5.82 Å². The number of hydrogen-bond donors (Lipinski definition) is 1. The fourth-order valence-electron chi connectivity index (χ4n) is 1.78. The van der Waals surface area contributed by atoms with E-state index in [0.717, 1.165) is 11.9 Å². The molecule has 0 radical (unpaired) electrons. The third kappa shape index (κ3) is 3.70. The van der Waals surface area contributed by atoms with Gasteiger partial charge in [-0.1, -0.05) is 0 Å². The van der Waals surface area contributed by atoms with E-state index in [0.29, 0.717) is 5.69 Å². The molecule has 0 spiro atoms. The van der Waals surface area contributed by atoms with Gasteiger partial charge in [0.2, 0.25) is 5.82 Å². The highest BCUT2D eigenvalue weighted by Crippen LogP contribution is 2.26. The standard InChI is InChI=1S/C14H15N5O4/c1-18(2)12-5-4-10(8-15-12)17-13-11(19(21)22)6-9(7-16-13)14(20)23-3/h4-8H,1-3H3,(H,16,17). The van der Waals surface area contributed by atoms with E-state index in [4.69, 9.17) is 0 Å². The number of nitrogens with one attached hydrogen (secondary N) is 1. The topological polar surface area (TPSA) is 110 Å². The Balaban J connectivity index is 2.31. The molecule has 1 N–H and O–H groups in total. The molecule has 2 rings (SSSR count). The molecule has 0 saturated carbocycles. The molecule has 9 heteroatoms. The summed E-state index contributed by atoms with van der Waals surface area (Å²) in [6.07, 6.45) is 2.75. The molecule has 0 aliphatic carbocycles. The minimum absolute atomic E-state index is 0.00540. The number of hydrogen-bond acceptors (Lipinski definition) is 8. The lowest BCUT2D eigenvalue weighted by atomic mass is 10.2. The summed E-state index contributed by atoms with van der Waals surface area (Å²) < 4.78 is 4.53. The van der Waals surface area contributed by atoms with E-state index in [1.54, 1.807) is 12.1 Å². The van der Waals surface area contributed by atoms with Crippen molar-refractivity contribution in [1.29, 1.82) is 0 Å². The Morgan fingerprint density at radius 3 is 2.57 bits per heavy atom. The maximum absolute atomic E-state index is 11.4. The van der Waals surface area contributed by atoms with Crippen LogP contribution in [-0.4, -0.2) is 42.1 Å². The first kappa shape index (κ1) is 16.1. The number of aromatic nitrogens is 2. The molecule has 0 amide bonds. The smallest absolute Gasteiger partial charge is 0.339 e. The number of nitro groups is 1. The highest BCUT2D eigenvalue weighted by molar-refractivity contribution is 5.90. The Labute approximate surface area is 132 Å². The van der Waals surface area contributed by atoms with E-state index in [1.165, 1.54) is 19.5 Å². The SMILES string of the molecule is COC(=O)c1cnc(Nc2ccc(N(C)C)nc2)c([N+](=O)[O-])c1. The molecule has 2 aromatic heterocycles. The van der Waals surface area contributed by atoms with Gasteiger partial charge in [-0.05, 0) is 12.1 Å². The molecule has 23 heavy (non-hydrogen) atoms. The number of anilines is 3. The zero-order valence-electron chi connectivity index (χ0n) is 12.8. The van der Waals surface area contributed by atoms with Crippen LogP contribution in [0.3, 0.4) is 0 Å². The van der Waals surface area contributed by atoms with E-state index in [9.17, 15) is 14.9 Å². The Morgan fingerprint density at radius 2 is 2.04 bits per heavy atom. The van der Waals surface area contributed by atoms with Crippen LogP contribution in [0.2, 0.25) is 0 Å². The number of ether oxygens (including phenoxy) is 1. The van der Waals surface area contributed by atoms with Crippen molar-refractivity contribution >= 4 is 29.0 Å². The third-order valence-electron chi connectivity index (χ3n) is 2.95. The maximum atomic E-state index is 11.4. The second-order valence-electron chi connectivity index (χ2n) is 4.76. The fraction of sp³-hybridized carbons (Fsp3) is 0.214. The molecule has 0 saturated heterocycles. The second-order valence-corrected chi connectivity index (χ2v) is 4.76. The number of methoxy groups -OCH3 is 1. The Morgan fingerprint density at radius 1 is 1.30 bits per heavy atom. The summed E-state index contributed by atoms with van der Waals surface area (Å²) in [7, 11) is 4.90. The maximum Gasteiger partial charge on any atom is 0.339 e. The van der Waals surface area contributed by atoms with Crippen molar-refractivity contribution in [3.8, 4) is 0 Å². The van der Waals surface area contributed by atoms with Crippen molar-refractivity contribution in [2.24, 2.45) is 0 Å². The normalized spacial score (nSPS) is 10.0. The monoisotopic (exact) mass is 317 g/mol. The van der Waals surface area contributed by atoms with Crippen LogP contribution in [0.25, 0.3) is 0 Å². The summed E-state index contributed by atoms with van der Waals surface area (Å²) in [5.74, 6) is 0.0743. The van der Waals surface area contributed by atoms with Crippen LogP contribution < -0.4 is 10.2 Å². The van der Waals surface area contributed by atoms with Gasteiger partial charge in [-0.2, -0.15) is 0 Å². The highest BCUT2D eigenvalue weighted by atomic mass is 16.6. The highest BCUT2D eigenvalue weighted by Gasteiger charge is 2.19. The Hall–Kier alpha value is -3.23. The largest absolute Gasteiger partial charge is 0.465 e. The van der Waals surface area contributed by atoms with E-state index in [2.05, 4.69) is 20.0 Å². The summed E-state index contributed by atoms with van der Waals surface area (Å²) in [5, 5.41) is 14.0. The minimum atomic E-state index is -0.691. The molecule has 120 valence electrons. The van der Waals surface area contributed by atoms with Crippen molar-refractivity contribution < 1.29 is 14.5 Å². The van der Waals surface area contributed by atoms with Crippen LogP contribution in [0.4, 0.5) is 23.0 Å². The van der Waals surface area contributed by atoms with Crippen molar-refractivity contribution in [2.75, 3.05) is 31.4 Å². The van der Waals surface area contributed by atoms with Crippen molar-refractivity contribution in [3.05, 3.63) is 46.3 Å². The third-order valence-corrected chi connectivity index (χ3v) is 2.95. The number of nitrogens with zero attached hydrogens (tertiary/aromatic N) is 4. The van der Waals surface area contributed by atoms with Gasteiger partial charge >= 0.3 is 11.7 Å². The van der Waals surface area contributed by atoms with Crippen LogP contribution in [0.1, 0.15) is 10.4 Å². The number of rotatable bonds is 5. The Bertz CT molecular complexity index is 730. The van der Waals surface area contributed by atoms with Crippen LogP contribution >= 0.6 is 0 Å². The van der Waals surface area contributed by atoms with Gasteiger partial charge in [0.15, 0.2) is 0 Å². The minimum Gasteiger partial charge on any atom is -0.465 e. The lowest BCUT2D eigenvalue weighted by Gasteiger charge is -2.12. The van der Waals surface area contributed by atoms with Crippen molar-refractivity contribution in [2.45, 2.75) is 0 Å². The molecule has 2 aromatic rings. The van der Waals surface area contributed by atoms with Crippen LogP contribution in [-0.2, 0) is 4.74 Å². The molecular formula is C14H15N5O4. The molecule has 0 aromatic carbocycles. The van der Waals surface area contributed by atoms with Crippen molar-refractivity contribution in [1.82, 2.24) is 9.97 Å². The van der Waals surface area contributed by atoms with Gasteiger partial charge in [-0.15, -0.1) is 0 Å². The number of pyridine rings is 2. The van der Waals surface area contributed by atoms with Crippen LogP contribution in [0.15, 0.2) is 30.6 Å². The average molecular weight is 317 g/mol. The summed E-state index contributed by atoms with van der Waals surface area (Å²) >= 11 is 0. The molecule has 2 heterocycles. The lowest BCUT2D eigenvalue weighted by Crippen LogP contribution is -2.10. The number of carbonyl (C=O) groups is 1. The molecule has 0 fully saturated rings. The molecular weight excluding hydrogens is 302 g/mol. The predicted octanol–water partition coefficient (Wildman–Crippen LogP) is 1.98. The summed E-state index contributed by atoms with van der Waals surface area (Å²) in [4.78, 5) is 31.9. The average Bonchev–Trinajstić information content (AvgIpc) is 2.54. The van der Waals surface area contributed by atoms with Crippen LogP contribution in [0.5, 0.6) is 0 Å². The molecule has 0 atom stereocenters. The van der Waals surface area contributed by atoms with E-state index in [1.807, 2.05) is 19.0 Å². The first-order valence-electron chi connectivity index (χ1n) is 6.55. The zero-order valence-corrected chi connectivity index (χ0v) is 12.8. The number of carbonyl (C=O) groups excluding carboxylic acids is 1. The lowest BCUT2D eigenvalue weighted by molar-refractivity contribution is -0.384. The van der Waals surface area contributed by atoms with Gasteiger partial charge in [-0.3, -0.25) is 10.1 Å². The van der Waals surface area contributed by atoms with Gasteiger partial charge in [0.25, 0.3) is 0 Å².